The van der Waals surface area contributed by atoms with Crippen LogP contribution in [0.15, 0.2) is 66.2 Å². The lowest BCUT2D eigenvalue weighted by molar-refractivity contribution is -0.392. The molecule has 3 fully saturated rings. The summed E-state index contributed by atoms with van der Waals surface area (Å²) in [6.45, 7) is 0. The molecule has 52 heavy (non-hydrogen) atoms. The molecule has 14 nitrogen and oxygen atoms in total. The van der Waals surface area contributed by atoms with Gasteiger partial charge in [-0.15, -0.1) is 23.2 Å². The van der Waals surface area contributed by atoms with Gasteiger partial charge in [-0.3, -0.25) is 39.4 Å². The number of phenolic OH excluding ortho intramolecular Hbond substituents is 1. The second-order valence-corrected chi connectivity index (χ2v) is 14.9. The van der Waals surface area contributed by atoms with Gasteiger partial charge in [0.1, 0.15) is 11.6 Å². The molecule has 1 saturated carbocycles. The Hall–Kier alpha value is -5.12. The highest BCUT2D eigenvalue weighted by molar-refractivity contribution is 6.58. The molecule has 0 bridgehead atoms. The number of aromatic hydroxyl groups is 1. The van der Waals surface area contributed by atoms with Gasteiger partial charge in [0.05, 0.1) is 33.1 Å². The average Bonchev–Trinajstić information content (AvgIpc) is 3.42. The first-order valence-electron chi connectivity index (χ1n) is 15.7. The van der Waals surface area contributed by atoms with E-state index in [-0.39, 0.29) is 34.1 Å². The molecule has 0 spiro atoms. The Kier molecular flexibility index (Phi) is 8.12. The van der Waals surface area contributed by atoms with Crippen LogP contribution in [0.4, 0.5) is 32.8 Å². The molecule has 2 heterocycles. The van der Waals surface area contributed by atoms with Gasteiger partial charge in [-0.2, -0.15) is 0 Å². The number of benzene rings is 3. The molecular formula is C34H25Cl3FN5O9. The van der Waals surface area contributed by atoms with Crippen LogP contribution in [0.2, 0.25) is 5.02 Å². The fourth-order valence-corrected chi connectivity index (χ4v) is 9.41. The van der Waals surface area contributed by atoms with Crippen LogP contribution in [-0.2, 0) is 19.2 Å². The van der Waals surface area contributed by atoms with Crippen molar-refractivity contribution >= 4 is 86.9 Å². The number of nitro groups is 2. The molecule has 268 valence electrons. The molecule has 18 heteroatoms. The highest BCUT2D eigenvalue weighted by atomic mass is 35.5. The molecule has 6 atom stereocenters. The molecule has 0 aromatic heterocycles. The lowest BCUT2D eigenvalue weighted by Crippen LogP contribution is -2.60. The standard InChI is InChI=1S/C34H25Cl3FN5O9/c1-39(2)28-24(42(49)50)11-17(12-25(28)43(51)52)40-29(45)21-10-9-19-22(26(21)30(40)46)14-33(36)31(47)41(16-5-3-15(38)4-6-16)32(48)34(33,37)27(19)20-8-7-18(44)13-23(20)35/h3-9,11-13,21-22,26-27,44H,10,14H2,1-2H3/t21-,22+,26-,27+,33+,34-/m0/s1. The second-order valence-electron chi connectivity index (χ2n) is 13.2. The van der Waals surface area contributed by atoms with Crippen molar-refractivity contribution in [3.05, 3.63) is 103 Å². The number of allylic oxidation sites excluding steroid dienone is 2. The van der Waals surface area contributed by atoms with E-state index >= 15 is 0 Å². The smallest absolute Gasteiger partial charge is 0.301 e. The van der Waals surface area contributed by atoms with Gasteiger partial charge in [0.25, 0.3) is 11.8 Å². The highest BCUT2D eigenvalue weighted by Crippen LogP contribution is 2.66. The van der Waals surface area contributed by atoms with E-state index in [1.807, 2.05) is 0 Å². The number of nitrogens with zero attached hydrogens (tertiary/aromatic N) is 5. The molecule has 4 amide bonds. The number of amides is 4. The van der Waals surface area contributed by atoms with Crippen LogP contribution < -0.4 is 14.7 Å². The Bertz CT molecular complexity index is 2170. The van der Waals surface area contributed by atoms with Crippen LogP contribution in [0.3, 0.4) is 0 Å². The van der Waals surface area contributed by atoms with Crippen LogP contribution in [0.5, 0.6) is 5.75 Å². The molecule has 2 aliphatic carbocycles. The Balaban J connectivity index is 1.39. The largest absolute Gasteiger partial charge is 0.508 e. The molecule has 0 radical (unpaired) electrons. The number of hydrogen-bond donors (Lipinski definition) is 1. The number of carbonyl (C=O) groups excluding carboxylic acids is 4. The minimum Gasteiger partial charge on any atom is -0.508 e. The van der Waals surface area contributed by atoms with Crippen molar-refractivity contribution in [1.29, 1.82) is 0 Å². The Morgan fingerprint density at radius 1 is 0.865 bits per heavy atom. The number of nitro benzene ring substituents is 2. The minimum atomic E-state index is -2.29. The fourth-order valence-electron chi connectivity index (χ4n) is 8.20. The van der Waals surface area contributed by atoms with Crippen molar-refractivity contribution in [2.45, 2.75) is 28.5 Å². The van der Waals surface area contributed by atoms with Gasteiger partial charge in [-0.05, 0) is 60.7 Å². The predicted molar refractivity (Wildman–Crippen MR) is 186 cm³/mol. The van der Waals surface area contributed by atoms with Crippen LogP contribution >= 0.6 is 34.8 Å². The zero-order valence-electron chi connectivity index (χ0n) is 27.0. The first-order chi connectivity index (χ1) is 24.4. The van der Waals surface area contributed by atoms with Crippen LogP contribution in [0.25, 0.3) is 0 Å². The maximum absolute atomic E-state index is 14.5. The van der Waals surface area contributed by atoms with Gasteiger partial charge in [0, 0.05) is 37.2 Å². The number of imide groups is 2. The maximum Gasteiger partial charge on any atom is 0.301 e. The molecule has 3 aromatic rings. The SMILES string of the molecule is CN(C)c1c([N+](=O)[O-])cc(N2C(=O)[C@H]3[C@H](CC=C4[C@H]3C[C@@]3(Cl)C(=O)N(c5ccc(F)cc5)C(=O)[C@@]3(Cl)[C@H]4c3ccc(O)cc3Cl)C2=O)cc1[N+](=O)[O-]. The third-order valence-corrected chi connectivity index (χ3v) is 12.1. The average molecular weight is 773 g/mol. The van der Waals surface area contributed by atoms with Crippen molar-refractivity contribution in [2.75, 3.05) is 28.8 Å². The molecule has 3 aromatic carbocycles. The Labute approximate surface area is 308 Å². The summed E-state index contributed by atoms with van der Waals surface area (Å²) in [6.07, 6.45) is 1.09. The van der Waals surface area contributed by atoms with Crippen molar-refractivity contribution in [2.24, 2.45) is 17.8 Å². The third kappa shape index (κ3) is 4.75. The fraction of sp³-hybridized carbons (Fsp3) is 0.294. The highest BCUT2D eigenvalue weighted by Gasteiger charge is 2.77. The molecular weight excluding hydrogens is 748 g/mol. The van der Waals surface area contributed by atoms with E-state index in [0.29, 0.717) is 10.5 Å². The van der Waals surface area contributed by atoms with Gasteiger partial charge in [-0.1, -0.05) is 29.3 Å². The molecule has 2 saturated heterocycles. The summed E-state index contributed by atoms with van der Waals surface area (Å²) in [4.78, 5) is 77.9. The lowest BCUT2D eigenvalue weighted by atomic mass is 9.56. The number of rotatable bonds is 6. The number of halogens is 4. The second kappa shape index (κ2) is 12.0. The number of anilines is 3. The Morgan fingerprint density at radius 3 is 2.04 bits per heavy atom. The minimum absolute atomic E-state index is 0.0288. The van der Waals surface area contributed by atoms with Gasteiger partial charge in [0.15, 0.2) is 15.4 Å². The van der Waals surface area contributed by atoms with E-state index < -0.39 is 96.2 Å². The summed E-state index contributed by atoms with van der Waals surface area (Å²) in [7, 11) is 2.74. The van der Waals surface area contributed by atoms with Crippen LogP contribution in [-0.4, -0.2) is 62.4 Å². The van der Waals surface area contributed by atoms with Gasteiger partial charge >= 0.3 is 11.4 Å². The van der Waals surface area contributed by atoms with Crippen LogP contribution in [0, 0.1) is 43.8 Å². The van der Waals surface area contributed by atoms with Crippen LogP contribution in [0.1, 0.15) is 24.3 Å². The molecule has 7 rings (SSSR count). The van der Waals surface area contributed by atoms with E-state index in [1.54, 1.807) is 6.08 Å². The summed E-state index contributed by atoms with van der Waals surface area (Å²) in [5, 5.41) is 34.3. The topological polar surface area (TPSA) is 185 Å². The van der Waals surface area contributed by atoms with E-state index in [0.717, 1.165) is 29.2 Å². The maximum atomic E-state index is 14.5. The van der Waals surface area contributed by atoms with E-state index in [1.165, 1.54) is 49.3 Å². The first kappa shape index (κ1) is 35.3. The zero-order valence-corrected chi connectivity index (χ0v) is 29.2. The van der Waals surface area contributed by atoms with Crippen molar-refractivity contribution in [3.8, 4) is 5.75 Å². The number of phenols is 1. The number of hydrogen-bond acceptors (Lipinski definition) is 10. The molecule has 0 unspecified atom stereocenters. The lowest BCUT2D eigenvalue weighted by Gasteiger charge is -2.50. The van der Waals surface area contributed by atoms with Gasteiger partial charge < -0.3 is 10.0 Å². The summed E-state index contributed by atoms with van der Waals surface area (Å²) < 4.78 is 13.9. The van der Waals surface area contributed by atoms with Gasteiger partial charge in [-0.25, -0.2) is 14.2 Å². The number of fused-ring (bicyclic) bond motifs is 4. The molecule has 2 aliphatic heterocycles. The summed E-state index contributed by atoms with van der Waals surface area (Å²) >= 11 is 21.3. The number of carbonyl (C=O) groups is 4. The van der Waals surface area contributed by atoms with Gasteiger partial charge in [0.2, 0.25) is 11.8 Å². The Morgan fingerprint density at radius 2 is 1.48 bits per heavy atom. The van der Waals surface area contributed by atoms with Crippen molar-refractivity contribution in [3.63, 3.8) is 0 Å². The van der Waals surface area contributed by atoms with Crippen molar-refractivity contribution in [1.82, 2.24) is 0 Å². The molecule has 4 aliphatic rings. The quantitative estimate of drug-likeness (QED) is 0.105. The third-order valence-electron chi connectivity index (χ3n) is 10.3. The summed E-state index contributed by atoms with van der Waals surface area (Å²) in [6, 6.07) is 10.2. The first-order valence-corrected chi connectivity index (χ1v) is 16.8. The van der Waals surface area contributed by atoms with Crippen molar-refractivity contribution < 1.29 is 38.5 Å². The zero-order chi connectivity index (χ0) is 37.8. The summed E-state index contributed by atoms with van der Waals surface area (Å²) in [5.74, 6) is -9.14. The van der Waals surface area contributed by atoms with E-state index in [9.17, 15) is 48.9 Å². The summed E-state index contributed by atoms with van der Waals surface area (Å²) in [5.41, 5.74) is -1.68. The van der Waals surface area contributed by atoms with E-state index in [2.05, 4.69) is 0 Å². The van der Waals surface area contributed by atoms with E-state index in [4.69, 9.17) is 34.8 Å². The normalized spacial score (nSPS) is 28.0. The number of alkyl halides is 2. The monoisotopic (exact) mass is 771 g/mol. The molecule has 1 N–H and O–H groups in total. The predicted octanol–water partition coefficient (Wildman–Crippen LogP) is 5.84.